The monoisotopic (exact) mass is 368 g/mol. The molecule has 0 bridgehead atoms. The lowest BCUT2D eigenvalue weighted by Crippen LogP contribution is -2.06. The van der Waals surface area contributed by atoms with Crippen LogP contribution in [0.3, 0.4) is 0 Å². The van der Waals surface area contributed by atoms with Gasteiger partial charge in [0.25, 0.3) is 15.5 Å². The van der Waals surface area contributed by atoms with Gasteiger partial charge in [0, 0.05) is 10.7 Å². The predicted molar refractivity (Wildman–Crippen MR) is 59.4 cm³/mol. The van der Waals surface area contributed by atoms with Crippen LogP contribution in [0.5, 0.6) is 0 Å². The second kappa shape index (κ2) is 4.34. The molecule has 0 atom stereocenters. The molecule has 15 heavy (non-hydrogen) atoms. The Kier molecular flexibility index (Phi) is 3.71. The zero-order valence-electron chi connectivity index (χ0n) is 6.92. The van der Waals surface area contributed by atoms with E-state index < -0.39 is 31.8 Å². The molecular formula is C6H4ClF2IN2O2S. The van der Waals surface area contributed by atoms with E-state index in [0.717, 1.165) is 6.07 Å². The van der Waals surface area contributed by atoms with Gasteiger partial charge in [-0.3, -0.25) is 0 Å². The maximum atomic E-state index is 12.4. The third-order valence-electron chi connectivity index (χ3n) is 1.49. The number of hydrogen-bond acceptors (Lipinski definition) is 4. The molecule has 0 amide bonds. The van der Waals surface area contributed by atoms with Gasteiger partial charge >= 0.3 is 0 Å². The number of hydrogen-bond donors (Lipinski definition) is 1. The van der Waals surface area contributed by atoms with Gasteiger partial charge < -0.3 is 5.73 Å². The molecule has 1 aromatic heterocycles. The number of pyridine rings is 1. The zero-order chi connectivity index (χ0) is 11.8. The van der Waals surface area contributed by atoms with E-state index in [-0.39, 0.29) is 3.70 Å². The first-order chi connectivity index (χ1) is 6.73. The quantitative estimate of drug-likeness (QED) is 0.493. The Hall–Kier alpha value is -0.220. The van der Waals surface area contributed by atoms with Crippen molar-refractivity contribution in [1.82, 2.24) is 4.98 Å². The summed E-state index contributed by atoms with van der Waals surface area (Å²) in [5.41, 5.74) is 3.84. The van der Waals surface area contributed by atoms with Crippen molar-refractivity contribution in [1.29, 1.82) is 0 Å². The van der Waals surface area contributed by atoms with E-state index in [1.807, 2.05) is 0 Å². The Labute approximate surface area is 102 Å². The summed E-state index contributed by atoms with van der Waals surface area (Å²) in [5.74, 6) is 0. The first-order valence-electron chi connectivity index (χ1n) is 3.42. The number of nitrogen functional groups attached to an aromatic ring is 1. The Morgan fingerprint density at radius 1 is 1.53 bits per heavy atom. The van der Waals surface area contributed by atoms with Crippen molar-refractivity contribution >= 4 is 48.0 Å². The van der Waals surface area contributed by atoms with Gasteiger partial charge in [0.15, 0.2) is 0 Å². The molecule has 2 N–H and O–H groups in total. The van der Waals surface area contributed by atoms with Crippen LogP contribution in [0.1, 0.15) is 12.1 Å². The average Bonchev–Trinajstić information content (AvgIpc) is 2.06. The van der Waals surface area contributed by atoms with E-state index >= 15 is 0 Å². The molecule has 0 aromatic carbocycles. The first-order valence-corrected chi connectivity index (χ1v) is 6.81. The van der Waals surface area contributed by atoms with Gasteiger partial charge in [-0.1, -0.05) is 0 Å². The molecule has 84 valence electrons. The number of rotatable bonds is 2. The van der Waals surface area contributed by atoms with Gasteiger partial charge in [-0.05, 0) is 28.7 Å². The van der Waals surface area contributed by atoms with Crippen molar-refractivity contribution in [3.05, 3.63) is 15.5 Å². The van der Waals surface area contributed by atoms with Gasteiger partial charge in [0.1, 0.15) is 14.3 Å². The first kappa shape index (κ1) is 12.8. The Morgan fingerprint density at radius 3 is 2.47 bits per heavy atom. The summed E-state index contributed by atoms with van der Waals surface area (Å²) in [6.45, 7) is 0. The van der Waals surface area contributed by atoms with Gasteiger partial charge in [-0.15, -0.1) is 0 Å². The molecule has 0 saturated carbocycles. The highest BCUT2D eigenvalue weighted by molar-refractivity contribution is 14.1. The fourth-order valence-electron chi connectivity index (χ4n) is 0.888. The molecule has 9 heteroatoms. The van der Waals surface area contributed by atoms with E-state index in [4.69, 9.17) is 16.4 Å². The number of alkyl halides is 2. The van der Waals surface area contributed by atoms with Gasteiger partial charge in [0.2, 0.25) is 0 Å². The fourth-order valence-corrected chi connectivity index (χ4v) is 2.67. The van der Waals surface area contributed by atoms with Crippen LogP contribution in [-0.4, -0.2) is 13.4 Å². The van der Waals surface area contributed by atoms with E-state index in [2.05, 4.69) is 4.98 Å². The highest BCUT2D eigenvalue weighted by Gasteiger charge is 2.23. The molecule has 0 spiro atoms. The van der Waals surface area contributed by atoms with Crippen molar-refractivity contribution in [2.24, 2.45) is 0 Å². The number of nitrogens with zero attached hydrogens (tertiary/aromatic N) is 1. The summed E-state index contributed by atoms with van der Waals surface area (Å²) < 4.78 is 46.8. The summed E-state index contributed by atoms with van der Waals surface area (Å²) in [6, 6.07) is 1.03. The van der Waals surface area contributed by atoms with Crippen LogP contribution < -0.4 is 5.73 Å². The summed E-state index contributed by atoms with van der Waals surface area (Å²) in [7, 11) is 0.886. The van der Waals surface area contributed by atoms with Crippen LogP contribution >= 0.6 is 33.3 Å². The predicted octanol–water partition coefficient (Wildman–Crippen LogP) is 2.13. The SMILES string of the molecule is Nc1c(S(=O)(=O)Cl)cc(I)nc1C(F)F. The second-order valence-electron chi connectivity index (χ2n) is 2.48. The van der Waals surface area contributed by atoms with Crippen LogP contribution in [0.4, 0.5) is 14.5 Å². The lowest BCUT2D eigenvalue weighted by atomic mass is 10.3. The van der Waals surface area contributed by atoms with Gasteiger partial charge in [0.05, 0.1) is 5.69 Å². The second-order valence-corrected chi connectivity index (χ2v) is 6.12. The third kappa shape index (κ3) is 2.88. The molecule has 0 aliphatic rings. The van der Waals surface area contributed by atoms with Crippen LogP contribution in [0.25, 0.3) is 0 Å². The molecule has 1 aromatic rings. The molecule has 0 aliphatic heterocycles. The molecule has 1 heterocycles. The molecule has 0 fully saturated rings. The topological polar surface area (TPSA) is 73.1 Å². The molecule has 4 nitrogen and oxygen atoms in total. The summed E-state index contributed by atoms with van der Waals surface area (Å²) in [4.78, 5) is 2.89. The molecule has 0 unspecified atom stereocenters. The van der Waals surface area contributed by atoms with Crippen LogP contribution in [0.15, 0.2) is 11.0 Å². The van der Waals surface area contributed by atoms with E-state index in [0.29, 0.717) is 0 Å². The van der Waals surface area contributed by atoms with Gasteiger partial charge in [-0.2, -0.15) is 0 Å². The molecule has 1 rings (SSSR count). The summed E-state index contributed by atoms with van der Waals surface area (Å²) in [5, 5.41) is 0. The fraction of sp³-hybridized carbons (Fsp3) is 0.167. The lowest BCUT2D eigenvalue weighted by molar-refractivity contribution is 0.146. The zero-order valence-corrected chi connectivity index (χ0v) is 10.6. The molecule has 0 radical (unpaired) electrons. The Bertz CT molecular complexity index is 494. The Morgan fingerprint density at radius 2 is 2.07 bits per heavy atom. The normalized spacial score (nSPS) is 12.1. The van der Waals surface area contributed by atoms with Crippen LogP contribution in [0, 0.1) is 3.70 Å². The third-order valence-corrected chi connectivity index (χ3v) is 3.40. The summed E-state index contributed by atoms with van der Waals surface area (Å²) >= 11 is 1.60. The number of halogens is 4. The molecular weight excluding hydrogens is 364 g/mol. The van der Waals surface area contributed by atoms with Crippen LogP contribution in [-0.2, 0) is 9.05 Å². The van der Waals surface area contributed by atoms with Crippen molar-refractivity contribution in [2.75, 3.05) is 5.73 Å². The lowest BCUT2D eigenvalue weighted by Gasteiger charge is -2.07. The minimum Gasteiger partial charge on any atom is -0.396 e. The van der Waals surface area contributed by atoms with Crippen molar-refractivity contribution < 1.29 is 17.2 Å². The van der Waals surface area contributed by atoms with Gasteiger partial charge in [-0.25, -0.2) is 22.2 Å². The minimum atomic E-state index is -4.14. The van der Waals surface area contributed by atoms with Crippen molar-refractivity contribution in [3.8, 4) is 0 Å². The standard InChI is InChI=1S/C6H4ClF2IN2O2S/c7-15(13,14)2-1-3(10)12-5(4(2)11)6(8)9/h1,6H,11H2. The largest absolute Gasteiger partial charge is 0.396 e. The highest BCUT2D eigenvalue weighted by atomic mass is 127. The smallest absolute Gasteiger partial charge is 0.282 e. The van der Waals surface area contributed by atoms with E-state index in [1.54, 1.807) is 22.6 Å². The summed E-state index contributed by atoms with van der Waals surface area (Å²) in [6.07, 6.45) is -2.95. The van der Waals surface area contributed by atoms with Crippen LogP contribution in [0.2, 0.25) is 0 Å². The molecule has 0 saturated heterocycles. The minimum absolute atomic E-state index is 0.0799. The number of aromatic nitrogens is 1. The van der Waals surface area contributed by atoms with E-state index in [9.17, 15) is 17.2 Å². The highest BCUT2D eigenvalue weighted by Crippen LogP contribution is 2.31. The van der Waals surface area contributed by atoms with Crippen molar-refractivity contribution in [2.45, 2.75) is 11.3 Å². The number of nitrogens with two attached hydrogens (primary N) is 1. The Balaban J connectivity index is 3.56. The number of anilines is 1. The maximum absolute atomic E-state index is 12.4. The van der Waals surface area contributed by atoms with Crippen molar-refractivity contribution in [3.63, 3.8) is 0 Å². The maximum Gasteiger partial charge on any atom is 0.282 e. The molecule has 0 aliphatic carbocycles. The average molecular weight is 369 g/mol. The van der Waals surface area contributed by atoms with E-state index in [1.165, 1.54) is 0 Å².